The second kappa shape index (κ2) is 5.85. The second-order valence-corrected chi connectivity index (χ2v) is 4.39. The number of carbonyl (C=O) groups is 1. The molecule has 5 heteroatoms. The Balaban J connectivity index is 2.10. The van der Waals surface area contributed by atoms with Crippen LogP contribution in [0, 0.1) is 11.3 Å². The van der Waals surface area contributed by atoms with Gasteiger partial charge in [-0.3, -0.25) is 4.79 Å². The van der Waals surface area contributed by atoms with Crippen LogP contribution in [-0.2, 0) is 0 Å². The van der Waals surface area contributed by atoms with Crippen molar-refractivity contribution in [3.8, 4) is 6.07 Å². The maximum Gasteiger partial charge on any atom is 0.250 e. The van der Waals surface area contributed by atoms with Gasteiger partial charge in [0.1, 0.15) is 5.82 Å². The van der Waals surface area contributed by atoms with Crippen LogP contribution in [0.1, 0.15) is 28.8 Å². The summed E-state index contributed by atoms with van der Waals surface area (Å²) in [6, 6.07) is 13.0. The predicted octanol–water partition coefficient (Wildman–Crippen LogP) is 2.55. The van der Waals surface area contributed by atoms with Gasteiger partial charge in [-0.1, -0.05) is 12.1 Å². The van der Waals surface area contributed by atoms with Gasteiger partial charge in [0.15, 0.2) is 0 Å². The van der Waals surface area contributed by atoms with Crippen molar-refractivity contribution in [2.75, 3.05) is 5.32 Å². The fourth-order valence-electron chi connectivity index (χ4n) is 1.69. The van der Waals surface area contributed by atoms with E-state index >= 15 is 0 Å². The molecule has 2 aromatic rings. The molecule has 3 N–H and O–H groups in total. The molecule has 2 rings (SSSR count). The summed E-state index contributed by atoms with van der Waals surface area (Å²) in [6.45, 7) is 1.85. The number of pyridine rings is 1. The molecule has 0 aliphatic carbocycles. The van der Waals surface area contributed by atoms with Gasteiger partial charge in [0.2, 0.25) is 5.91 Å². The van der Waals surface area contributed by atoms with Gasteiger partial charge in [-0.15, -0.1) is 0 Å². The van der Waals surface area contributed by atoms with Crippen LogP contribution in [0.25, 0.3) is 0 Å². The van der Waals surface area contributed by atoms with Crippen molar-refractivity contribution >= 4 is 17.4 Å². The molecule has 0 bridgehead atoms. The zero-order chi connectivity index (χ0) is 14.5. The van der Waals surface area contributed by atoms with Crippen LogP contribution < -0.4 is 11.1 Å². The highest BCUT2D eigenvalue weighted by Gasteiger charge is 2.04. The maximum atomic E-state index is 10.9. The third-order valence-electron chi connectivity index (χ3n) is 2.92. The first kappa shape index (κ1) is 13.6. The molecule has 0 fully saturated rings. The fourth-order valence-corrected chi connectivity index (χ4v) is 1.69. The minimum absolute atomic E-state index is 0.128. The summed E-state index contributed by atoms with van der Waals surface area (Å²) in [4.78, 5) is 15.0. The number of anilines is 2. The van der Waals surface area contributed by atoms with Crippen molar-refractivity contribution in [3.63, 3.8) is 0 Å². The Morgan fingerprint density at radius 3 is 2.50 bits per heavy atom. The van der Waals surface area contributed by atoms with Gasteiger partial charge >= 0.3 is 0 Å². The average molecular weight is 266 g/mol. The van der Waals surface area contributed by atoms with Crippen molar-refractivity contribution in [1.29, 1.82) is 5.26 Å². The van der Waals surface area contributed by atoms with Crippen molar-refractivity contribution in [1.82, 2.24) is 4.98 Å². The number of nitrogens with zero attached hydrogens (tertiary/aromatic N) is 2. The lowest BCUT2D eigenvalue weighted by atomic mass is 10.0. The largest absolute Gasteiger partial charge is 0.366 e. The number of nitriles is 1. The van der Waals surface area contributed by atoms with E-state index in [4.69, 9.17) is 11.0 Å². The SMILES string of the molecule is CC(C#N)c1ccc(Nc2ccc(C(N)=O)cn2)cc1. The number of nitrogens with two attached hydrogens (primary N) is 1. The van der Waals surface area contributed by atoms with Gasteiger partial charge < -0.3 is 11.1 Å². The van der Waals surface area contributed by atoms with E-state index in [9.17, 15) is 4.79 Å². The summed E-state index contributed by atoms with van der Waals surface area (Å²) in [5.74, 6) is -0.00741. The molecule has 1 amide bonds. The highest BCUT2D eigenvalue weighted by molar-refractivity contribution is 5.92. The molecule has 20 heavy (non-hydrogen) atoms. The predicted molar refractivity (Wildman–Crippen MR) is 76.5 cm³/mol. The zero-order valence-corrected chi connectivity index (χ0v) is 11.0. The Bertz CT molecular complexity index is 641. The van der Waals surface area contributed by atoms with Crippen LogP contribution in [0.15, 0.2) is 42.6 Å². The minimum atomic E-state index is -0.501. The molecule has 1 unspecified atom stereocenters. The van der Waals surface area contributed by atoms with E-state index in [0.717, 1.165) is 11.3 Å². The van der Waals surface area contributed by atoms with Gasteiger partial charge in [-0.05, 0) is 36.8 Å². The lowest BCUT2D eigenvalue weighted by molar-refractivity contribution is 0.1000. The zero-order valence-electron chi connectivity index (χ0n) is 11.0. The molecular weight excluding hydrogens is 252 g/mol. The first-order valence-corrected chi connectivity index (χ1v) is 6.12. The smallest absolute Gasteiger partial charge is 0.250 e. The molecule has 0 aliphatic rings. The molecule has 0 saturated heterocycles. The summed E-state index contributed by atoms with van der Waals surface area (Å²) in [6.07, 6.45) is 1.43. The van der Waals surface area contributed by atoms with E-state index in [2.05, 4.69) is 16.4 Å². The van der Waals surface area contributed by atoms with Crippen LogP contribution in [0.3, 0.4) is 0 Å². The number of primary amides is 1. The normalized spacial score (nSPS) is 11.4. The maximum absolute atomic E-state index is 10.9. The number of amides is 1. The Morgan fingerprint density at radius 1 is 1.30 bits per heavy atom. The number of carbonyl (C=O) groups excluding carboxylic acids is 1. The Labute approximate surface area is 117 Å². The Hall–Kier alpha value is -2.87. The highest BCUT2D eigenvalue weighted by Crippen LogP contribution is 2.19. The monoisotopic (exact) mass is 266 g/mol. The van der Waals surface area contributed by atoms with Crippen LogP contribution in [-0.4, -0.2) is 10.9 Å². The van der Waals surface area contributed by atoms with Crippen LogP contribution in [0.4, 0.5) is 11.5 Å². The highest BCUT2D eigenvalue weighted by atomic mass is 16.1. The average Bonchev–Trinajstić information content (AvgIpc) is 2.48. The summed E-state index contributed by atoms with van der Waals surface area (Å²) in [7, 11) is 0. The lowest BCUT2D eigenvalue weighted by Crippen LogP contribution is -2.11. The Morgan fingerprint density at radius 2 is 2.00 bits per heavy atom. The molecule has 0 spiro atoms. The summed E-state index contributed by atoms with van der Waals surface area (Å²) in [5, 5.41) is 12.0. The molecule has 1 heterocycles. The summed E-state index contributed by atoms with van der Waals surface area (Å²) < 4.78 is 0. The third-order valence-corrected chi connectivity index (χ3v) is 2.92. The second-order valence-electron chi connectivity index (χ2n) is 4.39. The standard InChI is InChI=1S/C15H14N4O/c1-10(8-16)11-2-5-13(6-3-11)19-14-7-4-12(9-18-14)15(17)20/h2-7,9-10H,1H3,(H2,17,20)(H,18,19). The lowest BCUT2D eigenvalue weighted by Gasteiger charge is -2.08. The van der Waals surface area contributed by atoms with E-state index in [1.54, 1.807) is 12.1 Å². The van der Waals surface area contributed by atoms with E-state index in [1.165, 1.54) is 6.20 Å². The van der Waals surface area contributed by atoms with E-state index in [1.807, 2.05) is 31.2 Å². The summed E-state index contributed by atoms with van der Waals surface area (Å²) in [5.41, 5.74) is 7.35. The van der Waals surface area contributed by atoms with Gasteiger partial charge in [0.25, 0.3) is 0 Å². The first-order valence-electron chi connectivity index (χ1n) is 6.12. The van der Waals surface area contributed by atoms with Gasteiger partial charge in [-0.25, -0.2) is 4.98 Å². The number of hydrogen-bond acceptors (Lipinski definition) is 4. The van der Waals surface area contributed by atoms with Crippen molar-refractivity contribution < 1.29 is 4.79 Å². The molecule has 1 aromatic heterocycles. The molecule has 0 aliphatic heterocycles. The van der Waals surface area contributed by atoms with Gasteiger partial charge in [-0.2, -0.15) is 5.26 Å². The molecule has 0 radical (unpaired) electrons. The van der Waals surface area contributed by atoms with E-state index < -0.39 is 5.91 Å². The van der Waals surface area contributed by atoms with E-state index in [0.29, 0.717) is 11.4 Å². The molecular formula is C15H14N4O. The molecule has 5 nitrogen and oxygen atoms in total. The molecule has 100 valence electrons. The minimum Gasteiger partial charge on any atom is -0.366 e. The third kappa shape index (κ3) is 3.12. The first-order chi connectivity index (χ1) is 9.60. The quantitative estimate of drug-likeness (QED) is 0.889. The molecule has 0 saturated carbocycles. The van der Waals surface area contributed by atoms with Gasteiger partial charge in [0.05, 0.1) is 17.6 Å². The molecule has 1 atom stereocenters. The van der Waals surface area contributed by atoms with Crippen LogP contribution in [0.5, 0.6) is 0 Å². The number of nitrogens with one attached hydrogen (secondary N) is 1. The number of rotatable bonds is 4. The van der Waals surface area contributed by atoms with Crippen molar-refractivity contribution in [2.45, 2.75) is 12.8 Å². The van der Waals surface area contributed by atoms with Gasteiger partial charge in [0, 0.05) is 11.9 Å². The fraction of sp³-hybridized carbons (Fsp3) is 0.133. The topological polar surface area (TPSA) is 91.8 Å². The van der Waals surface area contributed by atoms with Crippen molar-refractivity contribution in [3.05, 3.63) is 53.7 Å². The van der Waals surface area contributed by atoms with E-state index in [-0.39, 0.29) is 5.92 Å². The van der Waals surface area contributed by atoms with Crippen LogP contribution >= 0.6 is 0 Å². The molecule has 1 aromatic carbocycles. The van der Waals surface area contributed by atoms with Crippen molar-refractivity contribution in [2.24, 2.45) is 5.73 Å². The Kier molecular flexibility index (Phi) is 3.96. The number of benzene rings is 1. The number of aromatic nitrogens is 1. The summed E-state index contributed by atoms with van der Waals surface area (Å²) >= 11 is 0. The van der Waals surface area contributed by atoms with Crippen LogP contribution in [0.2, 0.25) is 0 Å². The number of hydrogen-bond donors (Lipinski definition) is 2.